The van der Waals surface area contributed by atoms with Gasteiger partial charge in [0.25, 0.3) is 5.69 Å². The van der Waals surface area contributed by atoms with E-state index in [1.165, 1.54) is 36.4 Å². The fraction of sp³-hybridized carbons (Fsp3) is 0.0667. The standard InChI is InChI=1S/C15H11NO6S/c17-9-11-5-1-3-7-13(11)22-15(18)10-23(21)14-8-4-2-6-12(14)16(19)20/h1-9H,10H2. The second-order valence-electron chi connectivity index (χ2n) is 4.34. The van der Waals surface area contributed by atoms with E-state index in [1.807, 2.05) is 0 Å². The Morgan fingerprint density at radius 3 is 2.52 bits per heavy atom. The number of hydrogen-bond donors (Lipinski definition) is 0. The lowest BCUT2D eigenvalue weighted by Crippen LogP contribution is -2.18. The number of para-hydroxylation sites is 2. The first kappa shape index (κ1) is 16.5. The summed E-state index contributed by atoms with van der Waals surface area (Å²) in [6, 6.07) is 11.5. The van der Waals surface area contributed by atoms with Gasteiger partial charge in [0, 0.05) is 6.07 Å². The van der Waals surface area contributed by atoms with Gasteiger partial charge in [-0.15, -0.1) is 0 Å². The van der Waals surface area contributed by atoms with E-state index in [0.29, 0.717) is 6.29 Å². The molecule has 2 aromatic carbocycles. The molecule has 0 radical (unpaired) electrons. The van der Waals surface area contributed by atoms with Crippen LogP contribution in [0.1, 0.15) is 10.4 Å². The Morgan fingerprint density at radius 1 is 1.17 bits per heavy atom. The summed E-state index contributed by atoms with van der Waals surface area (Å²) < 4.78 is 17.2. The minimum absolute atomic E-state index is 0.0482. The number of hydrogen-bond acceptors (Lipinski definition) is 6. The maximum Gasteiger partial charge on any atom is 0.324 e. The Kier molecular flexibility index (Phi) is 5.32. The molecule has 0 saturated carbocycles. The second kappa shape index (κ2) is 7.41. The van der Waals surface area contributed by atoms with Crippen molar-refractivity contribution >= 4 is 28.7 Å². The maximum absolute atomic E-state index is 12.2. The molecule has 23 heavy (non-hydrogen) atoms. The normalized spacial score (nSPS) is 11.5. The number of nitro benzene ring substituents is 1. The third-order valence-electron chi connectivity index (χ3n) is 2.83. The monoisotopic (exact) mass is 333 g/mol. The molecule has 0 fully saturated rings. The lowest BCUT2D eigenvalue weighted by molar-refractivity contribution is -0.387. The third-order valence-corrected chi connectivity index (χ3v) is 4.16. The van der Waals surface area contributed by atoms with E-state index in [9.17, 15) is 23.9 Å². The van der Waals surface area contributed by atoms with Crippen molar-refractivity contribution in [2.45, 2.75) is 4.90 Å². The van der Waals surface area contributed by atoms with E-state index in [4.69, 9.17) is 4.74 Å². The molecule has 0 saturated heterocycles. The number of benzene rings is 2. The van der Waals surface area contributed by atoms with E-state index in [2.05, 4.69) is 0 Å². The lowest BCUT2D eigenvalue weighted by Gasteiger charge is -2.06. The van der Waals surface area contributed by atoms with Crippen molar-refractivity contribution in [3.63, 3.8) is 0 Å². The van der Waals surface area contributed by atoms with Crippen molar-refractivity contribution in [1.29, 1.82) is 0 Å². The topological polar surface area (TPSA) is 104 Å². The summed E-state index contributed by atoms with van der Waals surface area (Å²) in [5, 5.41) is 10.9. The SMILES string of the molecule is O=Cc1ccccc1OC(=O)CS(=O)c1ccccc1[N+](=O)[O-]. The van der Waals surface area contributed by atoms with Crippen LogP contribution in [0.2, 0.25) is 0 Å². The van der Waals surface area contributed by atoms with Gasteiger partial charge >= 0.3 is 5.97 Å². The maximum atomic E-state index is 12.2. The molecular weight excluding hydrogens is 322 g/mol. The first-order chi connectivity index (χ1) is 11.0. The highest BCUT2D eigenvalue weighted by atomic mass is 32.2. The number of nitro groups is 1. The van der Waals surface area contributed by atoms with Gasteiger partial charge in [-0.2, -0.15) is 0 Å². The Balaban J connectivity index is 2.13. The fourth-order valence-corrected chi connectivity index (χ4v) is 2.84. The predicted molar refractivity (Wildman–Crippen MR) is 81.8 cm³/mol. The smallest absolute Gasteiger partial charge is 0.324 e. The third kappa shape index (κ3) is 4.07. The second-order valence-corrected chi connectivity index (χ2v) is 5.76. The molecular formula is C15H11NO6S. The van der Waals surface area contributed by atoms with E-state index in [-0.39, 0.29) is 21.9 Å². The zero-order chi connectivity index (χ0) is 16.8. The highest BCUT2D eigenvalue weighted by Crippen LogP contribution is 2.22. The Hall–Kier alpha value is -2.87. The molecule has 2 aromatic rings. The molecule has 0 aliphatic heterocycles. The summed E-state index contributed by atoms with van der Waals surface area (Å²) >= 11 is 0. The lowest BCUT2D eigenvalue weighted by atomic mass is 10.2. The molecule has 1 atom stereocenters. The number of ether oxygens (including phenoxy) is 1. The van der Waals surface area contributed by atoms with Crippen LogP contribution in [0.25, 0.3) is 0 Å². The Bertz CT molecular complexity index is 789. The van der Waals surface area contributed by atoms with Crippen LogP contribution in [0.3, 0.4) is 0 Å². The highest BCUT2D eigenvalue weighted by Gasteiger charge is 2.21. The molecule has 0 N–H and O–H groups in total. The van der Waals surface area contributed by atoms with Gasteiger partial charge in [0.2, 0.25) is 0 Å². The van der Waals surface area contributed by atoms with E-state index < -0.39 is 27.4 Å². The molecule has 7 nitrogen and oxygen atoms in total. The summed E-state index contributed by atoms with van der Waals surface area (Å²) in [4.78, 5) is 32.9. The first-order valence-corrected chi connectivity index (χ1v) is 7.71. The van der Waals surface area contributed by atoms with E-state index >= 15 is 0 Å². The summed E-state index contributed by atoms with van der Waals surface area (Å²) in [5.74, 6) is -1.36. The van der Waals surface area contributed by atoms with Gasteiger partial charge in [0.15, 0.2) is 6.29 Å². The van der Waals surface area contributed by atoms with Gasteiger partial charge in [-0.1, -0.05) is 24.3 Å². The number of carbonyl (C=O) groups excluding carboxylic acids is 2. The molecule has 118 valence electrons. The van der Waals surface area contributed by atoms with Crippen LogP contribution in [-0.2, 0) is 15.6 Å². The van der Waals surface area contributed by atoms with Gasteiger partial charge in [0.05, 0.1) is 21.3 Å². The number of esters is 1. The molecule has 0 spiro atoms. The summed E-state index contributed by atoms with van der Waals surface area (Å²) in [6.07, 6.45) is 0.529. The van der Waals surface area contributed by atoms with Crippen LogP contribution >= 0.6 is 0 Å². The predicted octanol–water partition coefficient (Wildman–Crippen LogP) is 2.12. The van der Waals surface area contributed by atoms with Crippen molar-refractivity contribution in [2.24, 2.45) is 0 Å². The van der Waals surface area contributed by atoms with Crippen molar-refractivity contribution in [3.05, 3.63) is 64.2 Å². The van der Waals surface area contributed by atoms with Gasteiger partial charge < -0.3 is 4.74 Å². The van der Waals surface area contributed by atoms with Crippen molar-refractivity contribution < 1.29 is 23.5 Å². The molecule has 8 heteroatoms. The molecule has 0 amide bonds. The Morgan fingerprint density at radius 2 is 1.83 bits per heavy atom. The van der Waals surface area contributed by atoms with E-state index in [1.54, 1.807) is 12.1 Å². The largest absolute Gasteiger partial charge is 0.425 e. The van der Waals surface area contributed by atoms with Gasteiger partial charge in [-0.25, -0.2) is 0 Å². The zero-order valence-electron chi connectivity index (χ0n) is 11.7. The molecule has 0 aliphatic rings. The average molecular weight is 333 g/mol. The van der Waals surface area contributed by atoms with Crippen LogP contribution < -0.4 is 4.74 Å². The molecule has 1 unspecified atom stereocenters. The fourth-order valence-electron chi connectivity index (χ4n) is 1.81. The first-order valence-electron chi connectivity index (χ1n) is 6.39. The quantitative estimate of drug-likeness (QED) is 0.264. The van der Waals surface area contributed by atoms with Crippen molar-refractivity contribution in [2.75, 3.05) is 5.75 Å². The van der Waals surface area contributed by atoms with Crippen molar-refractivity contribution in [1.82, 2.24) is 0 Å². The van der Waals surface area contributed by atoms with Gasteiger partial charge in [-0.3, -0.25) is 23.9 Å². The van der Waals surface area contributed by atoms with Crippen LogP contribution in [0, 0.1) is 10.1 Å². The molecule has 2 rings (SSSR count). The number of aldehydes is 1. The van der Waals surface area contributed by atoms with Crippen LogP contribution in [0.4, 0.5) is 5.69 Å². The molecule has 0 bridgehead atoms. The minimum Gasteiger partial charge on any atom is -0.425 e. The van der Waals surface area contributed by atoms with E-state index in [0.717, 1.165) is 0 Å². The summed E-state index contributed by atoms with van der Waals surface area (Å²) in [6.45, 7) is 0. The molecule has 0 heterocycles. The number of carbonyl (C=O) groups is 2. The Labute approximate surface area is 133 Å². The van der Waals surface area contributed by atoms with Gasteiger partial charge in [-0.05, 0) is 18.2 Å². The summed E-state index contributed by atoms with van der Waals surface area (Å²) in [7, 11) is -1.93. The van der Waals surface area contributed by atoms with Crippen LogP contribution in [0.15, 0.2) is 53.4 Å². The number of rotatable bonds is 6. The zero-order valence-corrected chi connectivity index (χ0v) is 12.5. The van der Waals surface area contributed by atoms with Crippen LogP contribution in [0.5, 0.6) is 5.75 Å². The summed E-state index contributed by atoms with van der Waals surface area (Å²) in [5.41, 5.74) is -0.149. The average Bonchev–Trinajstić information content (AvgIpc) is 2.55. The molecule has 0 aliphatic carbocycles. The van der Waals surface area contributed by atoms with Crippen LogP contribution in [-0.4, -0.2) is 27.1 Å². The van der Waals surface area contributed by atoms with Gasteiger partial charge in [0.1, 0.15) is 16.4 Å². The molecule has 0 aromatic heterocycles. The highest BCUT2D eigenvalue weighted by molar-refractivity contribution is 7.85. The number of nitrogens with zero attached hydrogens (tertiary/aromatic N) is 1. The minimum atomic E-state index is -1.93. The van der Waals surface area contributed by atoms with Crippen molar-refractivity contribution in [3.8, 4) is 5.75 Å².